The van der Waals surface area contributed by atoms with E-state index in [2.05, 4.69) is 40.2 Å². The van der Waals surface area contributed by atoms with Gasteiger partial charge in [0.05, 0.1) is 6.61 Å². The molecule has 3 aromatic carbocycles. The average Bonchev–Trinajstić information content (AvgIpc) is 3.19. The zero-order valence-electron chi connectivity index (χ0n) is 18.1. The highest BCUT2D eigenvalue weighted by atomic mass is 32.4. The smallest absolute Gasteiger partial charge is 0.318 e. The van der Waals surface area contributed by atoms with E-state index in [1.54, 1.807) is 0 Å². The first-order valence-electron chi connectivity index (χ1n) is 10.7. The Morgan fingerprint density at radius 3 is 1.78 bits per heavy atom. The second kappa shape index (κ2) is 9.72. The molecule has 0 spiro atoms. The summed E-state index contributed by atoms with van der Waals surface area (Å²) in [5, 5.41) is 0.724. The SMILES string of the molecule is C=C(C(C(=O)OCC)c1ccccc1)P1(=S)N(c2ccccc2)CCN1c1ccccc1. The Labute approximate surface area is 195 Å². The molecule has 0 amide bonds. The van der Waals surface area contributed by atoms with Crippen LogP contribution in [0.2, 0.25) is 0 Å². The lowest BCUT2D eigenvalue weighted by Crippen LogP contribution is -2.26. The van der Waals surface area contributed by atoms with Gasteiger partial charge < -0.3 is 14.1 Å². The van der Waals surface area contributed by atoms with Gasteiger partial charge in [0, 0.05) is 29.8 Å². The number of hydrogen-bond donors (Lipinski definition) is 0. The first-order valence-corrected chi connectivity index (χ1v) is 13.4. The largest absolute Gasteiger partial charge is 0.465 e. The molecule has 1 aliphatic heterocycles. The standard InChI is InChI=1S/C26H27N2O2PS/c1-3-30-26(29)25(22-13-7-4-8-14-22)21(2)31(32)27(23-15-9-5-10-16-23)19-20-28(31)24-17-11-6-12-18-24/h4-18,25H,2-3,19-20H2,1H3. The van der Waals surface area contributed by atoms with Crippen molar-refractivity contribution in [2.45, 2.75) is 12.8 Å². The van der Waals surface area contributed by atoms with Gasteiger partial charge in [-0.05, 0) is 48.6 Å². The highest BCUT2D eigenvalue weighted by molar-refractivity contribution is 8.18. The molecule has 1 aliphatic rings. The Hall–Kier alpha value is -2.88. The van der Waals surface area contributed by atoms with Gasteiger partial charge in [-0.15, -0.1) is 0 Å². The van der Waals surface area contributed by atoms with Crippen LogP contribution >= 0.6 is 6.34 Å². The summed E-state index contributed by atoms with van der Waals surface area (Å²) < 4.78 is 10.0. The van der Waals surface area contributed by atoms with Gasteiger partial charge in [0.25, 0.3) is 0 Å². The molecule has 1 fully saturated rings. The molecule has 0 aromatic heterocycles. The molecule has 1 unspecified atom stereocenters. The number of benzene rings is 3. The molecule has 164 valence electrons. The minimum Gasteiger partial charge on any atom is -0.465 e. The summed E-state index contributed by atoms with van der Waals surface area (Å²) in [7, 11) is 0. The second-order valence-corrected chi connectivity index (χ2v) is 11.7. The summed E-state index contributed by atoms with van der Waals surface area (Å²) >= 11 is 6.53. The Kier molecular flexibility index (Phi) is 6.78. The van der Waals surface area contributed by atoms with E-state index in [4.69, 9.17) is 16.5 Å². The summed E-state index contributed by atoms with van der Waals surface area (Å²) in [4.78, 5) is 13.2. The molecule has 1 heterocycles. The third-order valence-electron chi connectivity index (χ3n) is 5.65. The van der Waals surface area contributed by atoms with Crippen LogP contribution in [0, 0.1) is 0 Å². The first-order chi connectivity index (χ1) is 15.6. The highest BCUT2D eigenvalue weighted by Crippen LogP contribution is 2.68. The Morgan fingerprint density at radius 1 is 0.906 bits per heavy atom. The fourth-order valence-electron chi connectivity index (χ4n) is 4.18. The Balaban J connectivity index is 1.85. The number of carbonyl (C=O) groups excluding carboxylic acids is 1. The Bertz CT molecular complexity index is 1070. The number of anilines is 2. The molecule has 0 N–H and O–H groups in total. The van der Waals surface area contributed by atoms with Crippen LogP contribution in [-0.4, -0.2) is 25.7 Å². The van der Waals surface area contributed by atoms with Crippen molar-refractivity contribution in [2.75, 3.05) is 29.0 Å². The summed E-state index contributed by atoms with van der Waals surface area (Å²) in [5.41, 5.74) is 2.95. The van der Waals surface area contributed by atoms with Gasteiger partial charge in [-0.3, -0.25) is 4.79 Å². The Morgan fingerprint density at radius 2 is 1.34 bits per heavy atom. The zero-order chi connectivity index (χ0) is 22.6. The number of rotatable bonds is 7. The highest BCUT2D eigenvalue weighted by Gasteiger charge is 2.45. The lowest BCUT2D eigenvalue weighted by atomic mass is 9.99. The monoisotopic (exact) mass is 462 g/mol. The normalized spacial score (nSPS) is 15.9. The van der Waals surface area contributed by atoms with E-state index in [9.17, 15) is 4.79 Å². The second-order valence-electron chi connectivity index (χ2n) is 7.55. The van der Waals surface area contributed by atoms with Crippen molar-refractivity contribution in [3.8, 4) is 0 Å². The van der Waals surface area contributed by atoms with Crippen molar-refractivity contribution in [3.05, 3.63) is 108 Å². The van der Waals surface area contributed by atoms with Crippen LogP contribution in [0.25, 0.3) is 0 Å². The van der Waals surface area contributed by atoms with E-state index in [-0.39, 0.29) is 5.97 Å². The van der Waals surface area contributed by atoms with E-state index >= 15 is 0 Å². The number of para-hydroxylation sites is 2. The third-order valence-corrected chi connectivity index (χ3v) is 10.7. The molecule has 4 nitrogen and oxygen atoms in total. The maximum absolute atomic E-state index is 13.2. The van der Waals surface area contributed by atoms with Crippen molar-refractivity contribution in [1.29, 1.82) is 0 Å². The van der Waals surface area contributed by atoms with Crippen molar-refractivity contribution < 1.29 is 9.53 Å². The maximum Gasteiger partial charge on any atom is 0.318 e. The predicted octanol–water partition coefficient (Wildman–Crippen LogP) is 6.18. The minimum absolute atomic E-state index is 0.305. The van der Waals surface area contributed by atoms with Crippen LogP contribution < -0.4 is 9.34 Å². The summed E-state index contributed by atoms with van der Waals surface area (Å²) in [6.45, 7) is 8.16. The number of nitrogens with zero attached hydrogens (tertiary/aromatic N) is 2. The van der Waals surface area contributed by atoms with Gasteiger partial charge >= 0.3 is 5.97 Å². The molecule has 0 bridgehead atoms. The number of hydrogen-bond acceptors (Lipinski definition) is 3. The molecular weight excluding hydrogens is 435 g/mol. The topological polar surface area (TPSA) is 32.8 Å². The zero-order valence-corrected chi connectivity index (χ0v) is 19.8. The van der Waals surface area contributed by atoms with E-state index in [0.717, 1.165) is 35.3 Å². The van der Waals surface area contributed by atoms with Crippen LogP contribution in [-0.2, 0) is 21.3 Å². The van der Waals surface area contributed by atoms with Crippen LogP contribution in [0.5, 0.6) is 0 Å². The summed E-state index contributed by atoms with van der Waals surface area (Å²) in [6.07, 6.45) is -2.62. The lowest BCUT2D eigenvalue weighted by Gasteiger charge is -2.39. The molecule has 0 aliphatic carbocycles. The minimum atomic E-state index is -2.62. The van der Waals surface area contributed by atoms with Gasteiger partial charge in [-0.1, -0.05) is 73.3 Å². The molecule has 0 saturated carbocycles. The molecule has 3 aromatic rings. The molecule has 4 rings (SSSR count). The maximum atomic E-state index is 13.2. The van der Waals surface area contributed by atoms with Crippen LogP contribution in [0.15, 0.2) is 103 Å². The van der Waals surface area contributed by atoms with Crippen LogP contribution in [0.4, 0.5) is 11.4 Å². The lowest BCUT2D eigenvalue weighted by molar-refractivity contribution is -0.143. The van der Waals surface area contributed by atoms with E-state index < -0.39 is 12.3 Å². The van der Waals surface area contributed by atoms with Crippen molar-refractivity contribution in [1.82, 2.24) is 0 Å². The third kappa shape index (κ3) is 4.11. The fraction of sp³-hybridized carbons (Fsp3) is 0.192. The molecule has 0 radical (unpaired) electrons. The van der Waals surface area contributed by atoms with Gasteiger partial charge in [0.1, 0.15) is 12.3 Å². The average molecular weight is 463 g/mol. The van der Waals surface area contributed by atoms with E-state index in [1.165, 1.54) is 0 Å². The molecule has 6 heteroatoms. The van der Waals surface area contributed by atoms with Crippen molar-refractivity contribution in [3.63, 3.8) is 0 Å². The van der Waals surface area contributed by atoms with Gasteiger partial charge in [0.15, 0.2) is 0 Å². The summed E-state index contributed by atoms with van der Waals surface area (Å²) in [6, 6.07) is 30.1. The molecule has 1 atom stereocenters. The molecular formula is C26H27N2O2PS. The van der Waals surface area contributed by atoms with Crippen LogP contribution in [0.3, 0.4) is 0 Å². The van der Waals surface area contributed by atoms with Crippen LogP contribution in [0.1, 0.15) is 18.4 Å². The van der Waals surface area contributed by atoms with E-state index in [0.29, 0.717) is 6.61 Å². The van der Waals surface area contributed by atoms with Crippen molar-refractivity contribution in [2.24, 2.45) is 0 Å². The number of esters is 1. The van der Waals surface area contributed by atoms with Gasteiger partial charge in [-0.2, -0.15) is 0 Å². The molecule has 1 saturated heterocycles. The fourth-order valence-corrected chi connectivity index (χ4v) is 8.63. The van der Waals surface area contributed by atoms with E-state index in [1.807, 2.05) is 73.7 Å². The van der Waals surface area contributed by atoms with Gasteiger partial charge in [-0.25, -0.2) is 0 Å². The number of carbonyl (C=O) groups is 1. The summed E-state index contributed by atoms with van der Waals surface area (Å²) in [5.74, 6) is -0.932. The predicted molar refractivity (Wildman–Crippen MR) is 137 cm³/mol. The number of ether oxygens (including phenoxy) is 1. The quantitative estimate of drug-likeness (QED) is 0.309. The molecule has 32 heavy (non-hydrogen) atoms. The van der Waals surface area contributed by atoms with Crippen molar-refractivity contribution >= 4 is 35.5 Å². The van der Waals surface area contributed by atoms with Gasteiger partial charge in [0.2, 0.25) is 0 Å². The first kappa shape index (κ1) is 22.3.